The minimum Gasteiger partial charge on any atom is -0.508 e. The van der Waals surface area contributed by atoms with Gasteiger partial charge in [0.15, 0.2) is 0 Å². The number of rotatable bonds is 4. The Bertz CT molecular complexity index is 563. The van der Waals surface area contributed by atoms with Crippen LogP contribution in [0.15, 0.2) is 24.3 Å². The van der Waals surface area contributed by atoms with Gasteiger partial charge in [0, 0.05) is 19.6 Å². The van der Waals surface area contributed by atoms with E-state index in [-0.39, 0.29) is 11.8 Å². The molecule has 2 N–H and O–H groups in total. The molecule has 2 rings (SSSR count). The average Bonchev–Trinajstić information content (AvgIpc) is 2.73. The van der Waals surface area contributed by atoms with Crippen molar-refractivity contribution < 1.29 is 19.8 Å². The minimum atomic E-state index is -0.979. The Balaban J connectivity index is 2.12. The number of phenolic OH excluding ortho intramolecular Hbond substituents is 1. The highest BCUT2D eigenvalue weighted by Gasteiger charge is 2.43. The molecule has 0 radical (unpaired) electrons. The third kappa shape index (κ3) is 3.32. The van der Waals surface area contributed by atoms with Gasteiger partial charge in [0.05, 0.1) is 0 Å². The average molecular weight is 306 g/mol. The molecule has 1 unspecified atom stereocenters. The van der Waals surface area contributed by atoms with Gasteiger partial charge < -0.3 is 20.0 Å². The lowest BCUT2D eigenvalue weighted by Crippen LogP contribution is -2.50. The lowest BCUT2D eigenvalue weighted by atomic mass is 9.86. The van der Waals surface area contributed by atoms with Gasteiger partial charge in [-0.15, -0.1) is 0 Å². The van der Waals surface area contributed by atoms with Crippen LogP contribution in [0.3, 0.4) is 0 Å². The van der Waals surface area contributed by atoms with Gasteiger partial charge in [0.25, 0.3) is 0 Å². The number of urea groups is 1. The van der Waals surface area contributed by atoms with E-state index in [4.69, 9.17) is 0 Å². The first kappa shape index (κ1) is 16.1. The van der Waals surface area contributed by atoms with Gasteiger partial charge in [-0.05, 0) is 23.1 Å². The van der Waals surface area contributed by atoms with Crippen LogP contribution in [0.25, 0.3) is 0 Å². The Kier molecular flexibility index (Phi) is 4.30. The molecule has 1 aromatic rings. The molecule has 1 aliphatic rings. The van der Waals surface area contributed by atoms with Crippen LogP contribution < -0.4 is 0 Å². The molecule has 2 amide bonds. The number of amides is 2. The molecule has 0 spiro atoms. The van der Waals surface area contributed by atoms with Crippen molar-refractivity contribution in [1.29, 1.82) is 0 Å². The zero-order chi connectivity index (χ0) is 16.5. The largest absolute Gasteiger partial charge is 0.508 e. The molecule has 1 aliphatic heterocycles. The van der Waals surface area contributed by atoms with Crippen molar-refractivity contribution in [2.45, 2.75) is 33.4 Å². The number of carbonyl (C=O) groups is 2. The number of hydrogen-bond donors (Lipinski definition) is 2. The summed E-state index contributed by atoms with van der Waals surface area (Å²) in [5.41, 5.74) is 0.367. The fraction of sp³-hybridized carbons (Fsp3) is 0.500. The van der Waals surface area contributed by atoms with Crippen LogP contribution in [0, 0.1) is 5.41 Å². The van der Waals surface area contributed by atoms with Gasteiger partial charge in [-0.1, -0.05) is 32.9 Å². The molecular weight excluding hydrogens is 284 g/mol. The second kappa shape index (κ2) is 5.87. The number of phenols is 1. The number of aliphatic carboxylic acids is 1. The van der Waals surface area contributed by atoms with Crippen molar-refractivity contribution in [2.75, 3.05) is 13.1 Å². The van der Waals surface area contributed by atoms with Gasteiger partial charge in [-0.25, -0.2) is 9.59 Å². The van der Waals surface area contributed by atoms with Crippen molar-refractivity contribution in [3.63, 3.8) is 0 Å². The summed E-state index contributed by atoms with van der Waals surface area (Å²) in [6.07, 6.45) is 0. The summed E-state index contributed by atoms with van der Waals surface area (Å²) in [5, 5.41) is 18.7. The maximum absolute atomic E-state index is 12.5. The Hall–Kier alpha value is -2.24. The second-order valence-corrected chi connectivity index (χ2v) is 6.67. The van der Waals surface area contributed by atoms with Crippen molar-refractivity contribution in [1.82, 2.24) is 9.80 Å². The van der Waals surface area contributed by atoms with E-state index in [9.17, 15) is 19.8 Å². The molecule has 1 aromatic carbocycles. The fourth-order valence-electron chi connectivity index (χ4n) is 2.78. The molecule has 6 heteroatoms. The van der Waals surface area contributed by atoms with E-state index in [0.29, 0.717) is 19.6 Å². The van der Waals surface area contributed by atoms with E-state index in [0.717, 1.165) is 5.56 Å². The van der Waals surface area contributed by atoms with Gasteiger partial charge in [-0.2, -0.15) is 0 Å². The first-order chi connectivity index (χ1) is 10.2. The summed E-state index contributed by atoms with van der Waals surface area (Å²) in [6.45, 7) is 6.78. The maximum Gasteiger partial charge on any atom is 0.327 e. The van der Waals surface area contributed by atoms with Crippen molar-refractivity contribution >= 4 is 12.0 Å². The van der Waals surface area contributed by atoms with Gasteiger partial charge >= 0.3 is 12.0 Å². The van der Waals surface area contributed by atoms with Crippen LogP contribution in [-0.4, -0.2) is 51.1 Å². The second-order valence-electron chi connectivity index (χ2n) is 6.67. The summed E-state index contributed by atoms with van der Waals surface area (Å²) < 4.78 is 0. The highest BCUT2D eigenvalue weighted by Crippen LogP contribution is 2.28. The summed E-state index contributed by atoms with van der Waals surface area (Å²) in [7, 11) is 0. The third-order valence-electron chi connectivity index (χ3n) is 3.80. The Morgan fingerprint density at radius 1 is 1.23 bits per heavy atom. The Labute approximate surface area is 130 Å². The predicted octanol–water partition coefficient (Wildman–Crippen LogP) is 2.13. The predicted molar refractivity (Wildman–Crippen MR) is 81.5 cm³/mol. The SMILES string of the molecule is CC(C)(C)C(C(=O)O)N1CCN(Cc2ccc(O)cc2)C1=O. The van der Waals surface area contributed by atoms with Crippen LogP contribution >= 0.6 is 0 Å². The van der Waals surface area contributed by atoms with Crippen molar-refractivity contribution in [3.05, 3.63) is 29.8 Å². The molecule has 0 saturated carbocycles. The summed E-state index contributed by atoms with van der Waals surface area (Å²) >= 11 is 0. The van der Waals surface area contributed by atoms with Crippen LogP contribution in [-0.2, 0) is 11.3 Å². The smallest absolute Gasteiger partial charge is 0.327 e. The van der Waals surface area contributed by atoms with E-state index in [1.165, 1.54) is 4.90 Å². The lowest BCUT2D eigenvalue weighted by Gasteiger charge is -2.34. The number of nitrogens with zero attached hydrogens (tertiary/aromatic N) is 2. The standard InChI is InChI=1S/C16H22N2O4/c1-16(2,3)13(14(20)21)18-9-8-17(15(18)22)10-11-4-6-12(19)7-5-11/h4-7,13,19H,8-10H2,1-3H3,(H,20,21). The highest BCUT2D eigenvalue weighted by molar-refractivity contribution is 5.84. The number of benzene rings is 1. The molecule has 1 heterocycles. The number of carboxylic acids is 1. The van der Waals surface area contributed by atoms with Crippen LogP contribution in [0.1, 0.15) is 26.3 Å². The fourth-order valence-corrected chi connectivity index (χ4v) is 2.78. The molecule has 22 heavy (non-hydrogen) atoms. The van der Waals surface area contributed by atoms with Gasteiger partial charge in [0.2, 0.25) is 0 Å². The first-order valence-electron chi connectivity index (χ1n) is 7.26. The van der Waals surface area contributed by atoms with Crippen LogP contribution in [0.4, 0.5) is 4.79 Å². The molecule has 1 fully saturated rings. The Morgan fingerprint density at radius 3 is 2.32 bits per heavy atom. The van der Waals surface area contributed by atoms with Crippen LogP contribution in [0.2, 0.25) is 0 Å². The van der Waals surface area contributed by atoms with E-state index in [1.54, 1.807) is 29.2 Å². The quantitative estimate of drug-likeness (QED) is 0.893. The minimum absolute atomic E-state index is 0.178. The number of carbonyl (C=O) groups excluding carboxylic acids is 1. The molecule has 1 atom stereocenters. The normalized spacial score (nSPS) is 17.0. The first-order valence-corrected chi connectivity index (χ1v) is 7.26. The van der Waals surface area contributed by atoms with Crippen LogP contribution in [0.5, 0.6) is 5.75 Å². The third-order valence-corrected chi connectivity index (χ3v) is 3.80. The molecule has 0 aromatic heterocycles. The van der Waals surface area contributed by atoms with Gasteiger partial charge in [-0.3, -0.25) is 0 Å². The number of carboxylic acid groups (broad SMARTS) is 1. The van der Waals surface area contributed by atoms with E-state index in [2.05, 4.69) is 0 Å². The summed E-state index contributed by atoms with van der Waals surface area (Å²) in [5.74, 6) is -0.802. The zero-order valence-electron chi connectivity index (χ0n) is 13.1. The lowest BCUT2D eigenvalue weighted by molar-refractivity contribution is -0.145. The number of aromatic hydroxyl groups is 1. The zero-order valence-corrected chi connectivity index (χ0v) is 13.1. The van der Waals surface area contributed by atoms with Gasteiger partial charge in [0.1, 0.15) is 11.8 Å². The molecular formula is C16H22N2O4. The monoisotopic (exact) mass is 306 g/mol. The molecule has 1 saturated heterocycles. The number of hydrogen-bond acceptors (Lipinski definition) is 3. The van der Waals surface area contributed by atoms with E-state index < -0.39 is 17.4 Å². The van der Waals surface area contributed by atoms with E-state index >= 15 is 0 Å². The summed E-state index contributed by atoms with van der Waals surface area (Å²) in [4.78, 5) is 27.1. The summed E-state index contributed by atoms with van der Waals surface area (Å²) in [6, 6.07) is 5.55. The van der Waals surface area contributed by atoms with Crippen molar-refractivity contribution in [2.24, 2.45) is 5.41 Å². The van der Waals surface area contributed by atoms with E-state index in [1.807, 2.05) is 20.8 Å². The highest BCUT2D eigenvalue weighted by atomic mass is 16.4. The van der Waals surface area contributed by atoms with Crippen molar-refractivity contribution in [3.8, 4) is 5.75 Å². The Morgan fingerprint density at radius 2 is 1.82 bits per heavy atom. The molecule has 0 aliphatic carbocycles. The topological polar surface area (TPSA) is 81.1 Å². The molecule has 0 bridgehead atoms. The maximum atomic E-state index is 12.5. The molecule has 120 valence electrons. The molecule has 6 nitrogen and oxygen atoms in total.